The Balaban J connectivity index is 0.000000401. The zero-order chi connectivity index (χ0) is 21.1. The van der Waals surface area contributed by atoms with Gasteiger partial charge in [-0.2, -0.15) is 18.2 Å². The van der Waals surface area contributed by atoms with E-state index in [1.165, 1.54) is 11.9 Å². The van der Waals surface area contributed by atoms with E-state index in [4.69, 9.17) is 0 Å². The number of fused-ring (bicyclic) bond motifs is 1. The molecule has 0 bridgehead atoms. The van der Waals surface area contributed by atoms with Crippen LogP contribution in [0.4, 0.5) is 10.6 Å². The predicted octanol–water partition coefficient (Wildman–Crippen LogP) is 2.36. The van der Waals surface area contributed by atoms with Crippen molar-refractivity contribution < 1.29 is 27.0 Å². The van der Waals surface area contributed by atoms with Gasteiger partial charge in [-0.25, -0.2) is 21.9 Å². The number of carbonyl (C=O) groups excluding carboxylic acids is 1. The van der Waals surface area contributed by atoms with E-state index in [9.17, 15) is 9.90 Å². The molecular formula is C25H21FeN3O2. The normalized spacial score (nSPS) is 14.2. The topological polar surface area (TPSA) is 59.5 Å². The number of allylic oxidation sites excluding steroid dienone is 4. The zero-order valence-electron chi connectivity index (χ0n) is 17.2. The molecule has 2 heterocycles. The molecule has 0 unspecified atom stereocenters. The molecule has 0 radical (unpaired) electrons. The molecule has 31 heavy (non-hydrogen) atoms. The molecular weight excluding hydrogens is 430 g/mol. The minimum absolute atomic E-state index is 0. The Morgan fingerprint density at radius 1 is 0.935 bits per heavy atom. The van der Waals surface area contributed by atoms with Gasteiger partial charge in [0.05, 0.1) is 5.35 Å². The third-order valence-corrected chi connectivity index (χ3v) is 5.01. The van der Waals surface area contributed by atoms with Crippen LogP contribution in [0.3, 0.4) is 0 Å². The number of benzene rings is 1. The summed E-state index contributed by atoms with van der Waals surface area (Å²) in [5, 5.41) is 14.0. The molecule has 1 aliphatic heterocycles. The first kappa shape index (κ1) is 22.2. The van der Waals surface area contributed by atoms with Crippen molar-refractivity contribution in [1.29, 1.82) is 0 Å². The average molecular weight is 451 g/mol. The van der Waals surface area contributed by atoms with Crippen molar-refractivity contribution in [1.82, 2.24) is 9.88 Å². The Bertz CT molecular complexity index is 1210. The molecule has 6 heteroatoms. The number of rotatable bonds is 1. The van der Waals surface area contributed by atoms with E-state index < -0.39 is 0 Å². The summed E-state index contributed by atoms with van der Waals surface area (Å²) < 4.78 is 0. The van der Waals surface area contributed by atoms with E-state index in [0.717, 1.165) is 26.9 Å². The van der Waals surface area contributed by atoms with E-state index in [1.807, 2.05) is 91.0 Å². The molecule has 5 nitrogen and oxygen atoms in total. The number of carbonyl (C=O) groups is 1. The number of nitrogens with zero attached hydrogens (tertiary/aromatic N) is 3. The zero-order valence-corrected chi connectivity index (χ0v) is 18.3. The van der Waals surface area contributed by atoms with Gasteiger partial charge in [0.1, 0.15) is 5.82 Å². The molecule has 3 aromatic rings. The Morgan fingerprint density at radius 2 is 1.58 bits per heavy atom. The number of urea groups is 1. The van der Waals surface area contributed by atoms with Gasteiger partial charge in [-0.05, 0) is 23.1 Å². The molecule has 0 spiro atoms. The molecule has 0 fully saturated rings. The van der Waals surface area contributed by atoms with Crippen LogP contribution in [-0.4, -0.2) is 30.0 Å². The van der Waals surface area contributed by atoms with E-state index in [0.29, 0.717) is 11.0 Å². The van der Waals surface area contributed by atoms with Gasteiger partial charge in [-0.15, -0.1) is 0 Å². The molecule has 2 amide bonds. The summed E-state index contributed by atoms with van der Waals surface area (Å²) in [5.41, 5.74) is 2.64. The average Bonchev–Trinajstić information content (AvgIpc) is 3.53. The number of hydrogen-bond donors (Lipinski definition) is 0. The first-order valence-electron chi connectivity index (χ1n) is 9.63. The predicted molar refractivity (Wildman–Crippen MR) is 118 cm³/mol. The molecule has 156 valence electrons. The summed E-state index contributed by atoms with van der Waals surface area (Å²) in [5.74, 6) is 0.0594. The number of hydrogen-bond acceptors (Lipinski definition) is 3. The second kappa shape index (κ2) is 9.56. The standard InChI is InChI=1S/C20H17N3O2.C5H5.Fe/c1-22-18-17(19(24)23(2)20(22)25)15(13-8-4-3-5-9-13)12-16(21-18)14-10-6-7-11-14;1-2-4-5-3-1;/h3-12,24H,1-2H3;1-5H;/q;-1;+2/p-1. The van der Waals surface area contributed by atoms with Gasteiger partial charge in [0, 0.05) is 24.9 Å². The van der Waals surface area contributed by atoms with Gasteiger partial charge in [0.15, 0.2) is 0 Å². The van der Waals surface area contributed by atoms with Gasteiger partial charge in [-0.3, -0.25) is 4.90 Å². The van der Waals surface area contributed by atoms with Gasteiger partial charge >= 0.3 is 23.1 Å². The fourth-order valence-electron chi connectivity index (χ4n) is 3.41. The molecule has 2 aliphatic rings. The first-order valence-corrected chi connectivity index (χ1v) is 9.63. The maximum atomic E-state index is 12.8. The summed E-state index contributed by atoms with van der Waals surface area (Å²) in [6.07, 6.45) is 7.79. The molecule has 0 N–H and O–H groups in total. The number of pyridine rings is 1. The molecule has 1 aromatic heterocycles. The summed E-state index contributed by atoms with van der Waals surface area (Å²) in [7, 11) is 3.13. The molecule has 0 atom stereocenters. The van der Waals surface area contributed by atoms with Crippen molar-refractivity contribution in [3.8, 4) is 11.1 Å². The Hall–Kier alpha value is -3.47. The maximum Gasteiger partial charge on any atom is 2.00 e. The molecule has 2 aromatic carbocycles. The summed E-state index contributed by atoms with van der Waals surface area (Å²) in [6, 6.07) is 21.2. The van der Waals surface area contributed by atoms with Crippen LogP contribution in [0.15, 0.2) is 91.0 Å². The van der Waals surface area contributed by atoms with Crippen LogP contribution < -0.4 is 20.6 Å². The van der Waals surface area contributed by atoms with Crippen LogP contribution >= 0.6 is 0 Å². The minimum atomic E-state index is -0.385. The number of amides is 2. The van der Waals surface area contributed by atoms with Crippen LogP contribution in [-0.2, 0) is 17.1 Å². The van der Waals surface area contributed by atoms with E-state index in [-0.39, 0.29) is 29.0 Å². The quantitative estimate of drug-likeness (QED) is 0.422. The smallest absolute Gasteiger partial charge is 0.859 e. The Labute approximate surface area is 191 Å². The van der Waals surface area contributed by atoms with E-state index >= 15 is 0 Å². The number of aromatic nitrogens is 1. The summed E-state index contributed by atoms with van der Waals surface area (Å²) in [4.78, 5) is 19.5. The van der Waals surface area contributed by atoms with Crippen molar-refractivity contribution in [2.75, 3.05) is 19.0 Å². The molecule has 0 saturated carbocycles. The SMILES string of the molecule is CN1C(=O)N(C)c2nc(=C3C=CC=C3)cc(-c3ccccc3)c2=C1[O-].[Fe+2].c1cc[cH-]c1. The van der Waals surface area contributed by atoms with Crippen LogP contribution in [0.2, 0.25) is 0 Å². The third kappa shape index (κ3) is 4.36. The molecule has 0 saturated heterocycles. The molecule has 1 aliphatic carbocycles. The van der Waals surface area contributed by atoms with Crippen molar-refractivity contribution in [2.45, 2.75) is 0 Å². The van der Waals surface area contributed by atoms with Gasteiger partial charge < -0.3 is 10.0 Å². The largest absolute Gasteiger partial charge is 2.00 e. The minimum Gasteiger partial charge on any atom is -0.859 e. The number of anilines is 1. The van der Waals surface area contributed by atoms with Crippen molar-refractivity contribution in [3.63, 3.8) is 0 Å². The first-order chi connectivity index (χ1) is 14.6. The summed E-state index contributed by atoms with van der Waals surface area (Å²) >= 11 is 0. The fourth-order valence-corrected chi connectivity index (χ4v) is 3.41. The van der Waals surface area contributed by atoms with Crippen molar-refractivity contribution in [3.05, 3.63) is 102 Å². The molecule has 5 rings (SSSR count). The van der Waals surface area contributed by atoms with Crippen LogP contribution in [0.5, 0.6) is 0 Å². The second-order valence-corrected chi connectivity index (χ2v) is 6.96. The monoisotopic (exact) mass is 451 g/mol. The van der Waals surface area contributed by atoms with E-state index in [2.05, 4.69) is 4.98 Å². The van der Waals surface area contributed by atoms with Gasteiger partial charge in [-0.1, -0.05) is 54.6 Å². The van der Waals surface area contributed by atoms with Crippen LogP contribution in [0.1, 0.15) is 0 Å². The Morgan fingerprint density at radius 3 is 2.16 bits per heavy atom. The summed E-state index contributed by atoms with van der Waals surface area (Å²) in [6.45, 7) is 0. The maximum absolute atomic E-state index is 12.8. The van der Waals surface area contributed by atoms with Gasteiger partial charge in [0.2, 0.25) is 0 Å². The van der Waals surface area contributed by atoms with Crippen LogP contribution in [0, 0.1) is 0 Å². The van der Waals surface area contributed by atoms with Crippen molar-refractivity contribution in [2.24, 2.45) is 0 Å². The third-order valence-electron chi connectivity index (χ3n) is 5.01. The Kier molecular flexibility index (Phi) is 6.85. The van der Waals surface area contributed by atoms with Crippen molar-refractivity contribution >= 4 is 23.3 Å². The second-order valence-electron chi connectivity index (χ2n) is 6.96. The fraction of sp³-hybridized carbons (Fsp3) is 0.0800. The van der Waals surface area contributed by atoms with E-state index in [1.54, 1.807) is 7.05 Å². The van der Waals surface area contributed by atoms with Crippen LogP contribution in [0.25, 0.3) is 22.6 Å². The van der Waals surface area contributed by atoms with Gasteiger partial charge in [0.25, 0.3) is 0 Å².